The fraction of sp³-hybridized carbons (Fsp3) is 0.280. The van der Waals surface area contributed by atoms with Gasteiger partial charge in [-0.1, -0.05) is 18.2 Å². The maximum Gasteiger partial charge on any atom is 0.119 e. The van der Waals surface area contributed by atoms with Crippen LogP contribution in [0.2, 0.25) is 0 Å². The summed E-state index contributed by atoms with van der Waals surface area (Å²) in [5.74, 6) is 1.25. The number of benzene rings is 2. The molecule has 1 atom stereocenters. The summed E-state index contributed by atoms with van der Waals surface area (Å²) in [7, 11) is 1.69. The Kier molecular flexibility index (Phi) is 5.20. The molecule has 0 radical (unpaired) electrons. The van der Waals surface area contributed by atoms with Gasteiger partial charge in [0.05, 0.1) is 24.7 Å². The average molecular weight is 399 g/mol. The summed E-state index contributed by atoms with van der Waals surface area (Å²) < 4.78 is 5.36. The molecule has 4 aromatic rings. The van der Waals surface area contributed by atoms with E-state index in [-0.39, 0.29) is 0 Å². The highest BCUT2D eigenvalue weighted by Gasteiger charge is 2.23. The Hall–Kier alpha value is -3.18. The first-order valence-corrected chi connectivity index (χ1v) is 10.5. The third-order valence-corrected chi connectivity index (χ3v) is 5.97. The number of aromatic amines is 1. The topological polar surface area (TPSA) is 54.0 Å². The first-order chi connectivity index (χ1) is 14.8. The largest absolute Gasteiger partial charge is 0.497 e. The molecule has 1 N–H and O–H groups in total. The number of likely N-dealkylation sites (tertiary alicyclic amines) is 1. The second-order valence-electron chi connectivity index (χ2n) is 8.03. The number of piperidine rings is 1. The third-order valence-electron chi connectivity index (χ3n) is 5.97. The molecule has 0 unspecified atom stereocenters. The predicted molar refractivity (Wildman–Crippen MR) is 120 cm³/mol. The molecule has 0 spiro atoms. The van der Waals surface area contributed by atoms with E-state index in [0.29, 0.717) is 5.92 Å². The molecule has 0 saturated carbocycles. The van der Waals surface area contributed by atoms with Crippen molar-refractivity contribution in [3.8, 4) is 17.0 Å². The van der Waals surface area contributed by atoms with Crippen LogP contribution in [0.1, 0.15) is 30.0 Å². The van der Waals surface area contributed by atoms with E-state index in [4.69, 9.17) is 9.72 Å². The SMILES string of the molecule is COc1cccc(-c2cncc([C@H]3CCCN(Cc4ccc5[nH]ccc5c4)C3)n2)c1. The van der Waals surface area contributed by atoms with Gasteiger partial charge in [0.2, 0.25) is 0 Å². The maximum atomic E-state index is 5.36. The molecule has 5 rings (SSSR count). The molecule has 1 saturated heterocycles. The molecule has 1 aliphatic rings. The highest BCUT2D eigenvalue weighted by atomic mass is 16.5. The van der Waals surface area contributed by atoms with Gasteiger partial charge in [-0.25, -0.2) is 4.98 Å². The van der Waals surface area contributed by atoms with Crippen molar-refractivity contribution in [1.29, 1.82) is 0 Å². The summed E-state index contributed by atoms with van der Waals surface area (Å²) in [6, 6.07) is 16.8. The van der Waals surface area contributed by atoms with Crippen LogP contribution in [0.3, 0.4) is 0 Å². The number of ether oxygens (including phenoxy) is 1. The van der Waals surface area contributed by atoms with Crippen molar-refractivity contribution < 1.29 is 4.74 Å². The van der Waals surface area contributed by atoms with Gasteiger partial charge in [-0.2, -0.15) is 0 Å². The lowest BCUT2D eigenvalue weighted by atomic mass is 9.94. The molecule has 1 fully saturated rings. The lowest BCUT2D eigenvalue weighted by Crippen LogP contribution is -2.34. The Bertz CT molecular complexity index is 1150. The minimum absolute atomic E-state index is 0.410. The van der Waals surface area contributed by atoms with Crippen LogP contribution in [0, 0.1) is 0 Å². The first kappa shape index (κ1) is 18.8. The number of nitrogens with one attached hydrogen (secondary N) is 1. The lowest BCUT2D eigenvalue weighted by Gasteiger charge is -2.32. The van der Waals surface area contributed by atoms with Crippen molar-refractivity contribution in [2.24, 2.45) is 0 Å². The fourth-order valence-corrected chi connectivity index (χ4v) is 4.40. The molecule has 152 valence electrons. The number of rotatable bonds is 5. The van der Waals surface area contributed by atoms with E-state index in [1.165, 1.54) is 22.9 Å². The van der Waals surface area contributed by atoms with Crippen molar-refractivity contribution >= 4 is 10.9 Å². The summed E-state index contributed by atoms with van der Waals surface area (Å²) in [4.78, 5) is 15.3. The van der Waals surface area contributed by atoms with Crippen molar-refractivity contribution in [2.45, 2.75) is 25.3 Å². The van der Waals surface area contributed by atoms with E-state index < -0.39 is 0 Å². The fourth-order valence-electron chi connectivity index (χ4n) is 4.40. The Balaban J connectivity index is 1.33. The zero-order valence-corrected chi connectivity index (χ0v) is 17.2. The van der Waals surface area contributed by atoms with Crippen molar-refractivity contribution in [3.63, 3.8) is 0 Å². The van der Waals surface area contributed by atoms with E-state index in [0.717, 1.165) is 48.8 Å². The molecular weight excluding hydrogens is 372 g/mol. The molecule has 0 amide bonds. The van der Waals surface area contributed by atoms with Gasteiger partial charge in [0.15, 0.2) is 0 Å². The van der Waals surface area contributed by atoms with Gasteiger partial charge >= 0.3 is 0 Å². The molecular formula is C25H26N4O. The summed E-state index contributed by atoms with van der Waals surface area (Å²) >= 11 is 0. The molecule has 0 aliphatic carbocycles. The van der Waals surface area contributed by atoms with Crippen LogP contribution in [0.25, 0.3) is 22.2 Å². The van der Waals surface area contributed by atoms with Crippen LogP contribution in [0.4, 0.5) is 0 Å². The Morgan fingerprint density at radius 2 is 2.10 bits per heavy atom. The van der Waals surface area contributed by atoms with E-state index in [2.05, 4.69) is 45.2 Å². The molecule has 1 aliphatic heterocycles. The lowest BCUT2D eigenvalue weighted by molar-refractivity contribution is 0.198. The summed E-state index contributed by atoms with van der Waals surface area (Å²) in [5.41, 5.74) is 5.58. The minimum atomic E-state index is 0.410. The minimum Gasteiger partial charge on any atom is -0.497 e. The van der Waals surface area contributed by atoms with Crippen LogP contribution >= 0.6 is 0 Å². The van der Waals surface area contributed by atoms with Gasteiger partial charge in [-0.15, -0.1) is 0 Å². The standard InChI is InChI=1S/C25H26N4O/c1-30-22-6-2-4-19(13-22)24-14-26-15-25(28-24)21-5-3-11-29(17-21)16-18-7-8-23-20(12-18)9-10-27-23/h2,4,6-10,12-15,21,27H,3,5,11,16-17H2,1H3/t21-/m0/s1. The van der Waals surface area contributed by atoms with Crippen molar-refractivity contribution in [2.75, 3.05) is 20.2 Å². The maximum absolute atomic E-state index is 5.36. The van der Waals surface area contributed by atoms with Crippen LogP contribution in [0.15, 0.2) is 67.1 Å². The molecule has 2 aromatic carbocycles. The van der Waals surface area contributed by atoms with E-state index in [1.807, 2.05) is 36.8 Å². The number of nitrogens with zero attached hydrogens (tertiary/aromatic N) is 3. The van der Waals surface area contributed by atoms with Crippen LogP contribution in [-0.4, -0.2) is 40.1 Å². The molecule has 2 aromatic heterocycles. The third kappa shape index (κ3) is 3.94. The van der Waals surface area contributed by atoms with Gasteiger partial charge in [0, 0.05) is 42.5 Å². The molecule has 3 heterocycles. The highest BCUT2D eigenvalue weighted by Crippen LogP contribution is 2.29. The quantitative estimate of drug-likeness (QED) is 0.513. The van der Waals surface area contributed by atoms with Gasteiger partial charge in [-0.3, -0.25) is 9.88 Å². The first-order valence-electron chi connectivity index (χ1n) is 10.5. The number of aromatic nitrogens is 3. The van der Waals surface area contributed by atoms with Gasteiger partial charge in [0.1, 0.15) is 5.75 Å². The second kappa shape index (κ2) is 8.28. The zero-order valence-electron chi connectivity index (χ0n) is 17.2. The summed E-state index contributed by atoms with van der Waals surface area (Å²) in [6.07, 6.45) is 8.11. The van der Waals surface area contributed by atoms with Crippen LogP contribution < -0.4 is 4.74 Å². The number of hydrogen-bond donors (Lipinski definition) is 1. The Morgan fingerprint density at radius 1 is 1.13 bits per heavy atom. The predicted octanol–water partition coefficient (Wildman–Crippen LogP) is 5.01. The van der Waals surface area contributed by atoms with E-state index in [9.17, 15) is 0 Å². The van der Waals surface area contributed by atoms with Crippen LogP contribution in [0.5, 0.6) is 5.75 Å². The Morgan fingerprint density at radius 3 is 3.03 bits per heavy atom. The van der Waals surface area contributed by atoms with Crippen molar-refractivity contribution in [3.05, 3.63) is 78.4 Å². The molecule has 30 heavy (non-hydrogen) atoms. The van der Waals surface area contributed by atoms with Gasteiger partial charge in [-0.05, 0) is 60.7 Å². The second-order valence-corrected chi connectivity index (χ2v) is 8.03. The van der Waals surface area contributed by atoms with E-state index in [1.54, 1.807) is 7.11 Å². The van der Waals surface area contributed by atoms with Crippen LogP contribution in [-0.2, 0) is 6.54 Å². The number of H-pyrrole nitrogens is 1. The molecule has 0 bridgehead atoms. The number of fused-ring (bicyclic) bond motifs is 1. The highest BCUT2D eigenvalue weighted by molar-refractivity contribution is 5.79. The van der Waals surface area contributed by atoms with E-state index >= 15 is 0 Å². The van der Waals surface area contributed by atoms with Gasteiger partial charge < -0.3 is 9.72 Å². The number of hydrogen-bond acceptors (Lipinski definition) is 4. The zero-order chi connectivity index (χ0) is 20.3. The Labute approximate surface area is 176 Å². The van der Waals surface area contributed by atoms with Crippen molar-refractivity contribution in [1.82, 2.24) is 19.9 Å². The normalized spacial score (nSPS) is 17.3. The monoisotopic (exact) mass is 398 g/mol. The molecule has 5 heteroatoms. The summed E-state index contributed by atoms with van der Waals surface area (Å²) in [6.45, 7) is 3.12. The summed E-state index contributed by atoms with van der Waals surface area (Å²) in [5, 5.41) is 1.28. The number of methoxy groups -OCH3 is 1. The van der Waals surface area contributed by atoms with Gasteiger partial charge in [0.25, 0.3) is 0 Å². The smallest absolute Gasteiger partial charge is 0.119 e. The average Bonchev–Trinajstić information content (AvgIpc) is 3.27. The molecule has 5 nitrogen and oxygen atoms in total.